The van der Waals surface area contributed by atoms with Crippen molar-refractivity contribution in [1.82, 2.24) is 0 Å². The Kier molecular flexibility index (Phi) is 4.23. The maximum atomic E-state index is 11.1. The highest BCUT2D eigenvalue weighted by Crippen LogP contribution is 2.58. The molecule has 0 unspecified atom stereocenters. The summed E-state index contributed by atoms with van der Waals surface area (Å²) in [4.78, 5) is 0. The van der Waals surface area contributed by atoms with Gasteiger partial charge in [-0.3, -0.25) is 0 Å². The van der Waals surface area contributed by atoms with Crippen molar-refractivity contribution in [2.24, 2.45) is 0 Å². The van der Waals surface area contributed by atoms with E-state index in [1.165, 1.54) is 0 Å². The molecule has 90 valence electrons. The zero-order chi connectivity index (χ0) is 12.6. The minimum absolute atomic E-state index is 0.0200. The van der Waals surface area contributed by atoms with Crippen LogP contribution in [0.5, 0.6) is 5.75 Å². The highest BCUT2D eigenvalue weighted by molar-refractivity contribution is 8.05. The van der Waals surface area contributed by atoms with Crippen LogP contribution in [0.15, 0.2) is 18.2 Å². The number of halogens is 3. The van der Waals surface area contributed by atoms with Crippen molar-refractivity contribution >= 4 is 40.2 Å². The summed E-state index contributed by atoms with van der Waals surface area (Å²) in [6.45, 7) is 6.19. The van der Waals surface area contributed by atoms with Crippen LogP contribution < -0.4 is 4.52 Å². The molecule has 0 aliphatic heterocycles. The third-order valence-corrected chi connectivity index (χ3v) is 3.12. The minimum atomic E-state index is -3.61. The molecule has 0 fully saturated rings. The molecule has 0 saturated heterocycles. The number of hydrogen-bond donors (Lipinski definition) is 0. The third-order valence-electron chi connectivity index (χ3n) is 2.00. The van der Waals surface area contributed by atoms with Crippen molar-refractivity contribution < 1.29 is 9.09 Å². The molecule has 6 heteroatoms. The Morgan fingerprint density at radius 2 is 1.81 bits per heavy atom. The highest BCUT2D eigenvalue weighted by Gasteiger charge is 2.20. The summed E-state index contributed by atoms with van der Waals surface area (Å²) in [6.07, 6.45) is -3.61. The topological polar surface area (TPSA) is 26.3 Å². The van der Waals surface area contributed by atoms with E-state index < -0.39 is 6.07 Å². The Morgan fingerprint density at radius 3 is 2.19 bits per heavy atom. The molecule has 0 aliphatic rings. The van der Waals surface area contributed by atoms with Crippen molar-refractivity contribution in [3.8, 4) is 5.75 Å². The van der Waals surface area contributed by atoms with Crippen LogP contribution in [0, 0.1) is 0 Å². The van der Waals surface area contributed by atoms with E-state index in [0.29, 0.717) is 5.02 Å². The number of hydrogen-bond acceptors (Lipinski definition) is 2. The first kappa shape index (κ1) is 14.2. The lowest BCUT2D eigenvalue weighted by molar-refractivity contribution is 0.512. The standard InChI is InChI=1S/C10H12Cl3O2P/c1-10(2,3)7-4-5-9(8(11)6-7)15-16(12,13)14/h4-6H,1-3H3. The van der Waals surface area contributed by atoms with Gasteiger partial charge in [-0.15, -0.1) is 0 Å². The molecule has 0 radical (unpaired) electrons. The Hall–Kier alpha value is 0.120. The first-order valence-electron chi connectivity index (χ1n) is 4.58. The first-order valence-corrected chi connectivity index (χ1v) is 8.40. The van der Waals surface area contributed by atoms with Crippen LogP contribution in [0.25, 0.3) is 0 Å². The van der Waals surface area contributed by atoms with Crippen LogP contribution in [0.4, 0.5) is 0 Å². The fourth-order valence-corrected chi connectivity index (χ4v) is 2.26. The molecule has 0 saturated carbocycles. The van der Waals surface area contributed by atoms with Crippen molar-refractivity contribution in [1.29, 1.82) is 0 Å². The molecule has 0 spiro atoms. The van der Waals surface area contributed by atoms with Gasteiger partial charge in [0, 0.05) is 22.5 Å². The van der Waals surface area contributed by atoms with Crippen LogP contribution in [-0.2, 0) is 9.98 Å². The molecular formula is C10H12Cl3O2P. The zero-order valence-corrected chi connectivity index (χ0v) is 12.3. The summed E-state index contributed by atoms with van der Waals surface area (Å²) < 4.78 is 15.9. The summed E-state index contributed by atoms with van der Waals surface area (Å²) in [7, 11) is 0. The molecule has 0 atom stereocenters. The summed E-state index contributed by atoms with van der Waals surface area (Å²) in [6, 6.07) is 5.20. The Labute approximate surface area is 110 Å². The minimum Gasteiger partial charge on any atom is -0.421 e. The Bertz CT molecular complexity index is 434. The van der Waals surface area contributed by atoms with Crippen LogP contribution in [-0.4, -0.2) is 0 Å². The molecule has 0 aliphatic carbocycles. The summed E-state index contributed by atoms with van der Waals surface area (Å²) in [5.41, 5.74) is 1.03. The molecule has 1 rings (SSSR count). The normalized spacial score (nSPS) is 12.6. The van der Waals surface area contributed by atoms with Gasteiger partial charge in [-0.25, -0.2) is 4.57 Å². The Morgan fingerprint density at radius 1 is 1.25 bits per heavy atom. The fourth-order valence-electron chi connectivity index (χ4n) is 1.16. The summed E-state index contributed by atoms with van der Waals surface area (Å²) in [5.74, 6) is 0.225. The lowest BCUT2D eigenvalue weighted by Crippen LogP contribution is -2.10. The van der Waals surface area contributed by atoms with E-state index in [9.17, 15) is 4.57 Å². The van der Waals surface area contributed by atoms with Gasteiger partial charge in [-0.2, -0.15) is 0 Å². The predicted molar refractivity (Wildman–Crippen MR) is 70.1 cm³/mol. The van der Waals surface area contributed by atoms with Gasteiger partial charge < -0.3 is 4.52 Å². The van der Waals surface area contributed by atoms with E-state index in [4.69, 9.17) is 38.6 Å². The first-order chi connectivity index (χ1) is 7.09. The van der Waals surface area contributed by atoms with E-state index in [-0.39, 0.29) is 11.2 Å². The van der Waals surface area contributed by atoms with Gasteiger partial charge in [-0.1, -0.05) is 38.4 Å². The molecule has 0 bridgehead atoms. The van der Waals surface area contributed by atoms with Crippen LogP contribution in [0.3, 0.4) is 0 Å². The number of rotatable bonds is 2. The molecule has 1 aromatic carbocycles. The molecule has 2 nitrogen and oxygen atoms in total. The van der Waals surface area contributed by atoms with Crippen molar-refractivity contribution in [3.63, 3.8) is 0 Å². The monoisotopic (exact) mass is 300 g/mol. The molecule has 0 heterocycles. The lowest BCUT2D eigenvalue weighted by Gasteiger charge is -2.20. The van der Waals surface area contributed by atoms with Gasteiger partial charge in [0.1, 0.15) is 5.75 Å². The smallest absolute Gasteiger partial charge is 0.421 e. The second kappa shape index (κ2) is 4.78. The molecule has 0 amide bonds. The highest BCUT2D eigenvalue weighted by atomic mass is 35.9. The number of benzene rings is 1. The van der Waals surface area contributed by atoms with E-state index >= 15 is 0 Å². The second-order valence-corrected chi connectivity index (χ2v) is 9.01. The van der Waals surface area contributed by atoms with Gasteiger partial charge in [0.25, 0.3) is 0 Å². The Balaban J connectivity index is 3.06. The fraction of sp³-hybridized carbons (Fsp3) is 0.400. The summed E-state index contributed by atoms with van der Waals surface area (Å²) in [5, 5.41) is 0.342. The van der Waals surface area contributed by atoms with E-state index in [1.807, 2.05) is 6.07 Å². The average molecular weight is 302 g/mol. The molecular weight excluding hydrogens is 289 g/mol. The SMILES string of the molecule is CC(C)(C)c1ccc(OP(=O)(Cl)Cl)c(Cl)c1. The second-order valence-electron chi connectivity index (χ2n) is 4.40. The van der Waals surface area contributed by atoms with E-state index in [0.717, 1.165) is 5.56 Å². The van der Waals surface area contributed by atoms with Gasteiger partial charge >= 0.3 is 6.07 Å². The van der Waals surface area contributed by atoms with E-state index in [1.54, 1.807) is 12.1 Å². The molecule has 0 aromatic heterocycles. The van der Waals surface area contributed by atoms with E-state index in [2.05, 4.69) is 20.8 Å². The van der Waals surface area contributed by atoms with Crippen LogP contribution >= 0.6 is 40.2 Å². The van der Waals surface area contributed by atoms with Gasteiger partial charge in [0.2, 0.25) is 0 Å². The van der Waals surface area contributed by atoms with Gasteiger partial charge in [0.15, 0.2) is 0 Å². The maximum Gasteiger partial charge on any atom is 0.428 e. The maximum absolute atomic E-state index is 11.1. The van der Waals surface area contributed by atoms with Gasteiger partial charge in [-0.05, 0) is 23.1 Å². The van der Waals surface area contributed by atoms with Crippen molar-refractivity contribution in [2.75, 3.05) is 0 Å². The third kappa shape index (κ3) is 4.18. The largest absolute Gasteiger partial charge is 0.428 e. The average Bonchev–Trinajstić information content (AvgIpc) is 2.04. The zero-order valence-electron chi connectivity index (χ0n) is 9.13. The van der Waals surface area contributed by atoms with Crippen molar-refractivity contribution in [3.05, 3.63) is 28.8 Å². The lowest BCUT2D eigenvalue weighted by atomic mass is 9.87. The van der Waals surface area contributed by atoms with Crippen molar-refractivity contribution in [2.45, 2.75) is 26.2 Å². The molecule has 1 aromatic rings. The molecule has 16 heavy (non-hydrogen) atoms. The van der Waals surface area contributed by atoms with Crippen LogP contribution in [0.2, 0.25) is 5.02 Å². The summed E-state index contributed by atoms with van der Waals surface area (Å²) >= 11 is 16.6. The van der Waals surface area contributed by atoms with Gasteiger partial charge in [0.05, 0.1) is 5.02 Å². The quantitative estimate of drug-likeness (QED) is 0.664. The predicted octanol–water partition coefficient (Wildman–Crippen LogP) is 5.60. The van der Waals surface area contributed by atoms with Crippen LogP contribution in [0.1, 0.15) is 26.3 Å². The molecule has 0 N–H and O–H groups in total.